The molecule has 0 saturated heterocycles. The number of nitriles is 1. The Kier molecular flexibility index (Phi) is 6.95. The molecule has 5 aromatic rings. The Morgan fingerprint density at radius 1 is 1.15 bits per heavy atom. The average molecular weight is 554 g/mol. The summed E-state index contributed by atoms with van der Waals surface area (Å²) in [6.45, 7) is 3.80. The van der Waals surface area contributed by atoms with Gasteiger partial charge in [-0.05, 0) is 43.5 Å². The smallest absolute Gasteiger partial charge is 0.177 e. The van der Waals surface area contributed by atoms with Gasteiger partial charge < -0.3 is 10.5 Å². The van der Waals surface area contributed by atoms with Gasteiger partial charge in [0.15, 0.2) is 15.5 Å². The van der Waals surface area contributed by atoms with Gasteiger partial charge in [0.1, 0.15) is 24.0 Å². The van der Waals surface area contributed by atoms with Crippen molar-refractivity contribution < 1.29 is 13.2 Å². The van der Waals surface area contributed by atoms with E-state index in [2.05, 4.69) is 21.0 Å². The first-order valence-electron chi connectivity index (χ1n) is 12.4. The van der Waals surface area contributed by atoms with E-state index >= 15 is 0 Å². The monoisotopic (exact) mass is 553 g/mol. The molecule has 0 fully saturated rings. The average Bonchev–Trinajstić information content (AvgIpc) is 3.29. The number of anilines is 1. The molecule has 3 aromatic heterocycles. The van der Waals surface area contributed by atoms with E-state index in [1.54, 1.807) is 4.68 Å². The quantitative estimate of drug-likeness (QED) is 0.312. The summed E-state index contributed by atoms with van der Waals surface area (Å²) in [6.07, 6.45) is 5.81. The van der Waals surface area contributed by atoms with Crippen LogP contribution in [0.15, 0.2) is 66.1 Å². The molecule has 3 heterocycles. The molecule has 0 spiro atoms. The van der Waals surface area contributed by atoms with E-state index in [0.717, 1.165) is 22.9 Å². The number of nitrogens with zero attached hydrogens (tertiary/aromatic N) is 6. The molecule has 0 aliphatic heterocycles. The summed E-state index contributed by atoms with van der Waals surface area (Å²) in [4.78, 5) is 12.8. The zero-order valence-corrected chi connectivity index (χ0v) is 23.3. The fraction of sp³-hybridized carbons (Fsp3) is 0.207. The van der Waals surface area contributed by atoms with E-state index in [9.17, 15) is 13.7 Å². The molecular formula is C29H27N7O3S. The van der Waals surface area contributed by atoms with Crippen LogP contribution in [-0.2, 0) is 16.3 Å². The lowest BCUT2D eigenvalue weighted by Gasteiger charge is -2.23. The Bertz CT molecular complexity index is 1900. The van der Waals surface area contributed by atoms with Crippen LogP contribution in [-0.4, -0.2) is 46.5 Å². The molecule has 202 valence electrons. The van der Waals surface area contributed by atoms with Crippen LogP contribution in [0, 0.1) is 18.3 Å². The molecule has 2 aromatic carbocycles. The number of nitrogens with two attached hydrogens (primary N) is 1. The SMILES string of the molecule is COc1c(C(C)n2nc(C)c3c(N)ncnc32)cc(Cc2ccccc2)c(C#N)c1-c1cncc(S(C)(=O)=O)c1. The fourth-order valence-corrected chi connectivity index (χ4v) is 5.56. The number of methoxy groups -OCH3 is 1. The van der Waals surface area contributed by atoms with Crippen molar-refractivity contribution in [2.24, 2.45) is 0 Å². The Balaban J connectivity index is 1.82. The molecule has 11 heteroatoms. The van der Waals surface area contributed by atoms with E-state index < -0.39 is 15.9 Å². The molecule has 2 N–H and O–H groups in total. The highest BCUT2D eigenvalue weighted by atomic mass is 32.2. The topological polar surface area (TPSA) is 150 Å². The van der Waals surface area contributed by atoms with Gasteiger partial charge in [-0.1, -0.05) is 30.3 Å². The fourth-order valence-electron chi connectivity index (χ4n) is 4.96. The van der Waals surface area contributed by atoms with Crippen molar-refractivity contribution >= 4 is 26.7 Å². The van der Waals surface area contributed by atoms with Gasteiger partial charge in [0.25, 0.3) is 0 Å². The molecule has 0 aliphatic rings. The number of aryl methyl sites for hydroxylation is 1. The molecular weight excluding hydrogens is 526 g/mol. The third-order valence-corrected chi connectivity index (χ3v) is 7.96. The van der Waals surface area contributed by atoms with Crippen LogP contribution >= 0.6 is 0 Å². The van der Waals surface area contributed by atoms with Crippen molar-refractivity contribution in [3.8, 4) is 22.9 Å². The lowest BCUT2D eigenvalue weighted by molar-refractivity contribution is 0.402. The van der Waals surface area contributed by atoms with Crippen molar-refractivity contribution in [2.75, 3.05) is 19.1 Å². The zero-order chi connectivity index (χ0) is 28.6. The number of ether oxygens (including phenoxy) is 1. The van der Waals surface area contributed by atoms with Crippen LogP contribution in [0.4, 0.5) is 5.82 Å². The molecule has 5 rings (SSSR count). The van der Waals surface area contributed by atoms with Crippen LogP contribution in [0.3, 0.4) is 0 Å². The predicted molar refractivity (Wildman–Crippen MR) is 152 cm³/mol. The molecule has 1 unspecified atom stereocenters. The van der Waals surface area contributed by atoms with Crippen molar-refractivity contribution in [1.29, 1.82) is 5.26 Å². The Hall–Kier alpha value is -4.82. The maximum atomic E-state index is 12.4. The normalized spacial score (nSPS) is 12.3. The summed E-state index contributed by atoms with van der Waals surface area (Å²) in [5.41, 5.74) is 11.2. The van der Waals surface area contributed by atoms with Gasteiger partial charge in [-0.2, -0.15) is 10.4 Å². The maximum absolute atomic E-state index is 12.4. The largest absolute Gasteiger partial charge is 0.496 e. The first-order valence-corrected chi connectivity index (χ1v) is 14.3. The van der Waals surface area contributed by atoms with Gasteiger partial charge in [0.05, 0.1) is 34.7 Å². The summed E-state index contributed by atoms with van der Waals surface area (Å²) in [6, 6.07) is 15.2. The number of benzene rings is 2. The summed E-state index contributed by atoms with van der Waals surface area (Å²) >= 11 is 0. The van der Waals surface area contributed by atoms with Crippen molar-refractivity contribution in [2.45, 2.75) is 31.2 Å². The highest BCUT2D eigenvalue weighted by Gasteiger charge is 2.27. The molecule has 40 heavy (non-hydrogen) atoms. The highest BCUT2D eigenvalue weighted by molar-refractivity contribution is 7.90. The molecule has 0 amide bonds. The summed E-state index contributed by atoms with van der Waals surface area (Å²) in [5, 5.41) is 15.8. The minimum absolute atomic E-state index is 0.0416. The van der Waals surface area contributed by atoms with Crippen molar-refractivity contribution in [3.05, 3.63) is 89.1 Å². The van der Waals surface area contributed by atoms with E-state index in [0.29, 0.717) is 51.4 Å². The van der Waals surface area contributed by atoms with Gasteiger partial charge in [0, 0.05) is 35.3 Å². The Labute approximate surface area is 232 Å². The van der Waals surface area contributed by atoms with Crippen molar-refractivity contribution in [1.82, 2.24) is 24.7 Å². The Morgan fingerprint density at radius 2 is 1.90 bits per heavy atom. The second-order valence-electron chi connectivity index (χ2n) is 9.53. The maximum Gasteiger partial charge on any atom is 0.177 e. The van der Waals surface area contributed by atoms with Crippen LogP contribution in [0.1, 0.15) is 40.9 Å². The summed E-state index contributed by atoms with van der Waals surface area (Å²) < 4.78 is 32.5. The first-order chi connectivity index (χ1) is 19.1. The van der Waals surface area contributed by atoms with Crippen LogP contribution in [0.25, 0.3) is 22.2 Å². The first kappa shape index (κ1) is 26.8. The minimum Gasteiger partial charge on any atom is -0.496 e. The standard InChI is InChI=1S/C29H27N7O3S/c1-17-25-28(31)33-16-34-29(25)36(35-17)18(2)23-12-20(10-19-8-6-5-7-9-19)24(13-30)26(27(23)39-3)21-11-22(15-32-14-21)40(4,37)38/h5-9,11-12,14-16,18H,10H2,1-4H3,(H2,31,33,34). The number of aromatic nitrogens is 5. The number of nitrogen functional groups attached to an aromatic ring is 1. The van der Waals surface area contributed by atoms with E-state index in [4.69, 9.17) is 15.6 Å². The summed E-state index contributed by atoms with van der Waals surface area (Å²) in [5.74, 6) is 0.749. The van der Waals surface area contributed by atoms with Crippen LogP contribution < -0.4 is 10.5 Å². The molecule has 10 nitrogen and oxygen atoms in total. The molecule has 0 bridgehead atoms. The number of sulfone groups is 1. The number of rotatable bonds is 7. The van der Waals surface area contributed by atoms with E-state index in [1.165, 1.54) is 31.9 Å². The summed E-state index contributed by atoms with van der Waals surface area (Å²) in [7, 11) is -2.03. The zero-order valence-electron chi connectivity index (χ0n) is 22.5. The number of hydrogen-bond acceptors (Lipinski definition) is 9. The van der Waals surface area contributed by atoms with Gasteiger partial charge in [-0.3, -0.25) is 4.98 Å². The molecule has 1 atom stereocenters. The number of hydrogen-bond donors (Lipinski definition) is 1. The van der Waals surface area contributed by atoms with Crippen LogP contribution in [0.5, 0.6) is 5.75 Å². The highest BCUT2D eigenvalue weighted by Crippen LogP contribution is 2.43. The van der Waals surface area contributed by atoms with Gasteiger partial charge in [0.2, 0.25) is 0 Å². The minimum atomic E-state index is -3.55. The second-order valence-corrected chi connectivity index (χ2v) is 11.5. The third kappa shape index (κ3) is 4.74. The van der Waals surface area contributed by atoms with E-state index in [1.807, 2.05) is 50.2 Å². The van der Waals surface area contributed by atoms with E-state index in [-0.39, 0.29) is 4.90 Å². The van der Waals surface area contributed by atoms with Gasteiger partial charge >= 0.3 is 0 Å². The van der Waals surface area contributed by atoms with Crippen molar-refractivity contribution in [3.63, 3.8) is 0 Å². The lowest BCUT2D eigenvalue weighted by Crippen LogP contribution is -2.13. The lowest BCUT2D eigenvalue weighted by atomic mass is 9.88. The Morgan fingerprint density at radius 3 is 2.58 bits per heavy atom. The molecule has 0 radical (unpaired) electrons. The second kappa shape index (κ2) is 10.4. The van der Waals surface area contributed by atoms with Crippen LogP contribution in [0.2, 0.25) is 0 Å². The third-order valence-electron chi connectivity index (χ3n) is 6.88. The number of fused-ring (bicyclic) bond motifs is 1. The predicted octanol–water partition coefficient (Wildman–Crippen LogP) is 4.26. The molecule has 0 aliphatic carbocycles. The van der Waals surface area contributed by atoms with Gasteiger partial charge in [-0.25, -0.2) is 23.1 Å². The van der Waals surface area contributed by atoms with Gasteiger partial charge in [-0.15, -0.1) is 0 Å². The molecule has 0 saturated carbocycles. The number of pyridine rings is 1.